The SMILES string of the molecule is CC/C=C/c1ccc(C#Cc2ccc(CCC3CCC(CCC)CC3)cc2)cc1. The van der Waals surface area contributed by atoms with Gasteiger partial charge in [-0.1, -0.05) is 101 Å². The second-order valence-electron chi connectivity index (χ2n) is 8.59. The van der Waals surface area contributed by atoms with Gasteiger partial charge in [0, 0.05) is 11.1 Å². The Morgan fingerprint density at radius 2 is 1.31 bits per heavy atom. The fraction of sp³-hybridized carbons (Fsp3) is 0.448. The second-order valence-corrected chi connectivity index (χ2v) is 8.59. The largest absolute Gasteiger partial charge is 0.0842 e. The van der Waals surface area contributed by atoms with E-state index in [4.69, 9.17) is 0 Å². The molecule has 0 unspecified atom stereocenters. The first-order valence-corrected chi connectivity index (χ1v) is 11.6. The van der Waals surface area contributed by atoms with Crippen molar-refractivity contribution in [2.24, 2.45) is 11.8 Å². The number of rotatable bonds is 7. The van der Waals surface area contributed by atoms with Gasteiger partial charge in [0.2, 0.25) is 0 Å². The van der Waals surface area contributed by atoms with Gasteiger partial charge in [-0.2, -0.15) is 0 Å². The summed E-state index contributed by atoms with van der Waals surface area (Å²) in [5.74, 6) is 8.55. The fourth-order valence-corrected chi connectivity index (χ4v) is 4.42. The summed E-state index contributed by atoms with van der Waals surface area (Å²) in [7, 11) is 0. The molecule has 0 atom stereocenters. The van der Waals surface area contributed by atoms with Crippen molar-refractivity contribution in [3.63, 3.8) is 0 Å². The first-order valence-electron chi connectivity index (χ1n) is 11.6. The molecule has 0 spiro atoms. The molecule has 29 heavy (non-hydrogen) atoms. The summed E-state index contributed by atoms with van der Waals surface area (Å²) >= 11 is 0. The molecule has 0 nitrogen and oxygen atoms in total. The van der Waals surface area contributed by atoms with E-state index in [1.807, 2.05) is 0 Å². The lowest BCUT2D eigenvalue weighted by molar-refractivity contribution is 0.252. The maximum Gasteiger partial charge on any atom is 0.0249 e. The lowest BCUT2D eigenvalue weighted by Gasteiger charge is -2.28. The number of benzene rings is 2. The number of allylic oxidation sites excluding steroid dienone is 1. The Balaban J connectivity index is 1.47. The van der Waals surface area contributed by atoms with Crippen molar-refractivity contribution in [3.8, 4) is 11.8 Å². The van der Waals surface area contributed by atoms with E-state index in [2.05, 4.69) is 86.4 Å². The van der Waals surface area contributed by atoms with Gasteiger partial charge in [0.05, 0.1) is 0 Å². The van der Waals surface area contributed by atoms with Gasteiger partial charge in [-0.05, 0) is 66.5 Å². The first kappa shape index (κ1) is 21.4. The molecule has 1 aliphatic carbocycles. The molecule has 2 aromatic rings. The van der Waals surface area contributed by atoms with Gasteiger partial charge in [-0.15, -0.1) is 0 Å². The highest BCUT2D eigenvalue weighted by molar-refractivity contribution is 5.52. The molecular weight excluding hydrogens is 348 g/mol. The predicted molar refractivity (Wildman–Crippen MR) is 127 cm³/mol. The maximum absolute atomic E-state index is 3.31. The summed E-state index contributed by atoms with van der Waals surface area (Å²) in [4.78, 5) is 0. The van der Waals surface area contributed by atoms with E-state index in [1.54, 1.807) is 0 Å². The minimum absolute atomic E-state index is 0.942. The highest BCUT2D eigenvalue weighted by Crippen LogP contribution is 2.33. The topological polar surface area (TPSA) is 0 Å². The van der Waals surface area contributed by atoms with Gasteiger partial charge in [-0.3, -0.25) is 0 Å². The van der Waals surface area contributed by atoms with E-state index in [9.17, 15) is 0 Å². The average molecular weight is 385 g/mol. The van der Waals surface area contributed by atoms with E-state index in [0.717, 1.165) is 29.4 Å². The smallest absolute Gasteiger partial charge is 0.0249 e. The van der Waals surface area contributed by atoms with E-state index in [0.29, 0.717) is 0 Å². The van der Waals surface area contributed by atoms with Gasteiger partial charge < -0.3 is 0 Å². The summed E-state index contributed by atoms with van der Waals surface area (Å²) in [6.07, 6.45) is 16.6. The zero-order chi connectivity index (χ0) is 20.3. The number of hydrogen-bond acceptors (Lipinski definition) is 0. The highest BCUT2D eigenvalue weighted by Gasteiger charge is 2.20. The normalized spacial score (nSPS) is 19.1. The van der Waals surface area contributed by atoms with Crippen LogP contribution in [0.15, 0.2) is 54.6 Å². The molecule has 0 aliphatic heterocycles. The van der Waals surface area contributed by atoms with Crippen LogP contribution < -0.4 is 0 Å². The molecule has 2 aromatic carbocycles. The van der Waals surface area contributed by atoms with E-state index < -0.39 is 0 Å². The van der Waals surface area contributed by atoms with Crippen LogP contribution in [-0.4, -0.2) is 0 Å². The predicted octanol–water partition coefficient (Wildman–Crippen LogP) is 8.05. The molecule has 0 radical (unpaired) electrons. The molecule has 0 heterocycles. The summed E-state index contributed by atoms with van der Waals surface area (Å²) in [6, 6.07) is 17.4. The Morgan fingerprint density at radius 3 is 1.86 bits per heavy atom. The zero-order valence-corrected chi connectivity index (χ0v) is 18.3. The number of hydrogen-bond donors (Lipinski definition) is 0. The molecular formula is C29H36. The molecule has 0 bridgehead atoms. The second kappa shape index (κ2) is 11.7. The summed E-state index contributed by atoms with van der Waals surface area (Å²) in [5, 5.41) is 0. The highest BCUT2D eigenvalue weighted by atomic mass is 14.3. The van der Waals surface area contributed by atoms with Crippen LogP contribution >= 0.6 is 0 Å². The van der Waals surface area contributed by atoms with Crippen LogP contribution in [0.25, 0.3) is 6.08 Å². The minimum atomic E-state index is 0.942. The monoisotopic (exact) mass is 384 g/mol. The summed E-state index contributed by atoms with van der Waals surface area (Å²) in [5.41, 5.74) is 4.86. The van der Waals surface area contributed by atoms with E-state index in [1.165, 1.54) is 62.5 Å². The molecule has 0 N–H and O–H groups in total. The summed E-state index contributed by atoms with van der Waals surface area (Å²) in [6.45, 7) is 4.47. The molecule has 1 aliphatic rings. The summed E-state index contributed by atoms with van der Waals surface area (Å²) < 4.78 is 0. The van der Waals surface area contributed by atoms with Crippen LogP contribution in [-0.2, 0) is 6.42 Å². The lowest BCUT2D eigenvalue weighted by Crippen LogP contribution is -2.15. The maximum atomic E-state index is 3.31. The van der Waals surface area contributed by atoms with Crippen LogP contribution in [0.1, 0.15) is 87.5 Å². The van der Waals surface area contributed by atoms with Crippen LogP contribution in [0.2, 0.25) is 0 Å². The van der Waals surface area contributed by atoms with Gasteiger partial charge in [0.1, 0.15) is 0 Å². The third-order valence-electron chi connectivity index (χ3n) is 6.27. The van der Waals surface area contributed by atoms with Crippen LogP contribution in [0.3, 0.4) is 0 Å². The molecule has 0 heteroatoms. The van der Waals surface area contributed by atoms with Crippen molar-refractivity contribution in [1.29, 1.82) is 0 Å². The molecule has 3 rings (SSSR count). The average Bonchev–Trinajstić information content (AvgIpc) is 2.77. The quantitative estimate of drug-likeness (QED) is 0.424. The number of aryl methyl sites for hydroxylation is 1. The molecule has 0 saturated heterocycles. The third kappa shape index (κ3) is 7.25. The van der Waals surface area contributed by atoms with E-state index >= 15 is 0 Å². The van der Waals surface area contributed by atoms with Crippen LogP contribution in [0.5, 0.6) is 0 Å². The van der Waals surface area contributed by atoms with Crippen LogP contribution in [0.4, 0.5) is 0 Å². The standard InChI is InChI=1S/C29H36/c1-3-5-7-25-10-14-27(15-11-25)17-19-29-22-20-28(21-23-29)18-16-26-12-8-24(6-4-2)9-13-26/h5,7,10-11,14-15,20-24,26H,3-4,6,8-9,12-13,16,18H2,1-2H3/b7-5+. The van der Waals surface area contributed by atoms with Crippen LogP contribution in [0, 0.1) is 23.7 Å². The Labute approximate surface area is 178 Å². The molecule has 0 amide bonds. The molecule has 0 aromatic heterocycles. The van der Waals surface area contributed by atoms with Crippen molar-refractivity contribution < 1.29 is 0 Å². The van der Waals surface area contributed by atoms with Crippen molar-refractivity contribution in [3.05, 3.63) is 76.9 Å². The fourth-order valence-electron chi connectivity index (χ4n) is 4.42. The molecule has 152 valence electrons. The Morgan fingerprint density at radius 1 is 0.759 bits per heavy atom. The molecule has 1 saturated carbocycles. The Hall–Kier alpha value is -2.26. The van der Waals surface area contributed by atoms with Gasteiger partial charge in [0.25, 0.3) is 0 Å². The third-order valence-corrected chi connectivity index (χ3v) is 6.27. The van der Waals surface area contributed by atoms with Crippen molar-refractivity contribution in [1.82, 2.24) is 0 Å². The van der Waals surface area contributed by atoms with Crippen molar-refractivity contribution in [2.45, 2.75) is 71.6 Å². The van der Waals surface area contributed by atoms with Gasteiger partial charge >= 0.3 is 0 Å². The lowest BCUT2D eigenvalue weighted by atomic mass is 9.78. The van der Waals surface area contributed by atoms with Crippen molar-refractivity contribution >= 4 is 6.08 Å². The Kier molecular flexibility index (Phi) is 8.63. The molecule has 1 fully saturated rings. The van der Waals surface area contributed by atoms with E-state index in [-0.39, 0.29) is 0 Å². The zero-order valence-electron chi connectivity index (χ0n) is 18.3. The Bertz CT molecular complexity index is 803. The minimum Gasteiger partial charge on any atom is -0.0842 e. The first-order chi connectivity index (χ1) is 14.3. The van der Waals surface area contributed by atoms with Gasteiger partial charge in [0.15, 0.2) is 0 Å². The van der Waals surface area contributed by atoms with Gasteiger partial charge in [-0.25, -0.2) is 0 Å². The van der Waals surface area contributed by atoms with Crippen molar-refractivity contribution in [2.75, 3.05) is 0 Å².